The van der Waals surface area contributed by atoms with E-state index in [4.69, 9.17) is 11.6 Å². The van der Waals surface area contributed by atoms with Crippen molar-refractivity contribution in [2.24, 2.45) is 0 Å². The van der Waals surface area contributed by atoms with Crippen molar-refractivity contribution in [3.05, 3.63) is 82.9 Å². The molecule has 0 aromatic heterocycles. The maximum atomic E-state index is 13.0. The highest BCUT2D eigenvalue weighted by atomic mass is 35.5. The molecule has 8 heteroatoms. The fraction of sp³-hybridized carbons (Fsp3) is 0.100. The molecule has 28 heavy (non-hydrogen) atoms. The van der Waals surface area contributed by atoms with E-state index in [0.717, 1.165) is 5.56 Å². The Bertz CT molecular complexity index is 1240. The summed E-state index contributed by atoms with van der Waals surface area (Å²) < 4.78 is 54.0. The molecule has 0 aliphatic heterocycles. The molecule has 1 N–H and O–H groups in total. The number of anilines is 1. The van der Waals surface area contributed by atoms with E-state index in [1.165, 1.54) is 36.4 Å². The summed E-state index contributed by atoms with van der Waals surface area (Å²) in [6.45, 7) is 3.48. The molecule has 3 aromatic rings. The first kappa shape index (κ1) is 20.4. The van der Waals surface area contributed by atoms with Crippen molar-refractivity contribution in [2.45, 2.75) is 28.5 Å². The van der Waals surface area contributed by atoms with Gasteiger partial charge < -0.3 is 0 Å². The Balaban J connectivity index is 2.06. The van der Waals surface area contributed by atoms with Crippen LogP contribution >= 0.6 is 11.6 Å². The topological polar surface area (TPSA) is 80.3 Å². The third-order valence-electron chi connectivity index (χ3n) is 4.21. The zero-order valence-electron chi connectivity index (χ0n) is 15.2. The number of hydrogen-bond donors (Lipinski definition) is 1. The van der Waals surface area contributed by atoms with Gasteiger partial charge in [0, 0.05) is 0 Å². The molecule has 0 bridgehead atoms. The van der Waals surface area contributed by atoms with E-state index in [9.17, 15) is 16.8 Å². The number of benzene rings is 3. The van der Waals surface area contributed by atoms with E-state index in [-0.39, 0.29) is 25.4 Å². The lowest BCUT2D eigenvalue weighted by atomic mass is 10.2. The maximum absolute atomic E-state index is 13.0. The highest BCUT2D eigenvalue weighted by Gasteiger charge is 2.24. The van der Waals surface area contributed by atoms with E-state index in [0.29, 0.717) is 5.56 Å². The highest BCUT2D eigenvalue weighted by Crippen LogP contribution is 2.29. The molecule has 0 radical (unpaired) electrons. The summed E-state index contributed by atoms with van der Waals surface area (Å²) in [5, 5.41) is 0.241. The van der Waals surface area contributed by atoms with Gasteiger partial charge in [-0.3, -0.25) is 4.72 Å². The van der Waals surface area contributed by atoms with Gasteiger partial charge >= 0.3 is 0 Å². The summed E-state index contributed by atoms with van der Waals surface area (Å²) in [4.78, 5) is -0.114. The van der Waals surface area contributed by atoms with Crippen molar-refractivity contribution in [2.75, 3.05) is 4.72 Å². The predicted molar refractivity (Wildman–Crippen MR) is 110 cm³/mol. The molecule has 0 saturated carbocycles. The number of aryl methyl sites for hydroxylation is 2. The van der Waals surface area contributed by atoms with Gasteiger partial charge in [-0.2, -0.15) is 0 Å². The Hall–Kier alpha value is -2.35. The average Bonchev–Trinajstić information content (AvgIpc) is 2.64. The number of sulfone groups is 1. The summed E-state index contributed by atoms with van der Waals surface area (Å²) in [5.41, 5.74) is 1.60. The molecule has 0 spiro atoms. The zero-order chi connectivity index (χ0) is 20.5. The second kappa shape index (κ2) is 7.58. The quantitative estimate of drug-likeness (QED) is 0.635. The van der Waals surface area contributed by atoms with Crippen LogP contribution in [0.2, 0.25) is 5.02 Å². The third kappa shape index (κ3) is 4.06. The van der Waals surface area contributed by atoms with Gasteiger partial charge in [-0.1, -0.05) is 47.5 Å². The normalized spacial score (nSPS) is 12.0. The van der Waals surface area contributed by atoms with Crippen LogP contribution in [0.5, 0.6) is 0 Å². The zero-order valence-corrected chi connectivity index (χ0v) is 17.6. The highest BCUT2D eigenvalue weighted by molar-refractivity contribution is 7.93. The molecule has 0 aliphatic carbocycles. The third-order valence-corrected chi connectivity index (χ3v) is 7.81. The smallest absolute Gasteiger partial charge is 0.261 e. The van der Waals surface area contributed by atoms with Gasteiger partial charge in [-0.25, -0.2) is 16.8 Å². The molecular formula is C20H18ClNO4S2. The van der Waals surface area contributed by atoms with E-state index in [1.807, 2.05) is 6.92 Å². The standard InChI is InChI=1S/C20H18ClNO4S2/c1-14-7-10-16(11-8-14)27(23,24)20-13-17(12-9-15(20)2)28(25,26)22-19-6-4-3-5-18(19)21/h3-13,22H,1-2H3. The molecule has 0 aliphatic rings. The van der Waals surface area contributed by atoms with E-state index in [2.05, 4.69) is 4.72 Å². The van der Waals surface area contributed by atoms with Gasteiger partial charge in [0.1, 0.15) is 0 Å². The van der Waals surface area contributed by atoms with Gasteiger partial charge in [0.05, 0.1) is 25.4 Å². The molecule has 3 rings (SSSR count). The first-order valence-electron chi connectivity index (χ1n) is 8.31. The van der Waals surface area contributed by atoms with Crippen molar-refractivity contribution < 1.29 is 16.8 Å². The molecule has 0 unspecified atom stereocenters. The van der Waals surface area contributed by atoms with Crippen molar-refractivity contribution in [1.29, 1.82) is 0 Å². The number of halogens is 1. The van der Waals surface area contributed by atoms with Gasteiger partial charge in [0.15, 0.2) is 0 Å². The lowest BCUT2D eigenvalue weighted by molar-refractivity contribution is 0.594. The molecule has 5 nitrogen and oxygen atoms in total. The van der Waals surface area contributed by atoms with Gasteiger partial charge in [0.2, 0.25) is 9.84 Å². The van der Waals surface area contributed by atoms with Gasteiger partial charge in [0.25, 0.3) is 10.0 Å². The SMILES string of the molecule is Cc1ccc(S(=O)(=O)c2cc(S(=O)(=O)Nc3ccccc3Cl)ccc2C)cc1. The van der Waals surface area contributed by atoms with Crippen LogP contribution < -0.4 is 4.72 Å². The molecule has 0 saturated heterocycles. The van der Waals surface area contributed by atoms with Gasteiger partial charge in [-0.15, -0.1) is 0 Å². The fourth-order valence-electron chi connectivity index (χ4n) is 2.63. The number of rotatable bonds is 5. The monoisotopic (exact) mass is 435 g/mol. The van der Waals surface area contributed by atoms with Crippen molar-refractivity contribution in [1.82, 2.24) is 0 Å². The maximum Gasteiger partial charge on any atom is 0.261 e. The number of sulfonamides is 1. The van der Waals surface area contributed by atoms with Crippen LogP contribution in [0.4, 0.5) is 5.69 Å². The largest absolute Gasteiger partial charge is 0.278 e. The molecule has 0 heterocycles. The summed E-state index contributed by atoms with van der Waals surface area (Å²) in [5.74, 6) is 0. The van der Waals surface area contributed by atoms with Crippen molar-refractivity contribution in [3.8, 4) is 0 Å². The number of para-hydroxylation sites is 1. The predicted octanol–water partition coefficient (Wildman–Crippen LogP) is 4.59. The first-order chi connectivity index (χ1) is 13.1. The van der Waals surface area contributed by atoms with E-state index in [1.54, 1.807) is 37.3 Å². The summed E-state index contributed by atoms with van der Waals surface area (Å²) in [6, 6.07) is 16.8. The van der Waals surface area contributed by atoms with Crippen LogP contribution in [-0.4, -0.2) is 16.8 Å². The van der Waals surface area contributed by atoms with E-state index >= 15 is 0 Å². The van der Waals surface area contributed by atoms with Crippen LogP contribution in [0, 0.1) is 13.8 Å². The minimum atomic E-state index is -4.02. The second-order valence-corrected chi connectivity index (χ2v) is 10.3. The number of hydrogen-bond acceptors (Lipinski definition) is 4. The Morgan fingerprint density at radius 1 is 0.786 bits per heavy atom. The Morgan fingerprint density at radius 2 is 1.39 bits per heavy atom. The van der Waals surface area contributed by atoms with Crippen LogP contribution in [0.25, 0.3) is 0 Å². The average molecular weight is 436 g/mol. The number of nitrogens with one attached hydrogen (secondary N) is 1. The van der Waals surface area contributed by atoms with Gasteiger partial charge in [-0.05, 0) is 55.8 Å². The molecule has 3 aromatic carbocycles. The van der Waals surface area contributed by atoms with Crippen LogP contribution in [0.15, 0.2) is 81.4 Å². The second-order valence-electron chi connectivity index (χ2n) is 6.33. The minimum Gasteiger partial charge on any atom is -0.278 e. The van der Waals surface area contributed by atoms with E-state index < -0.39 is 19.9 Å². The van der Waals surface area contributed by atoms with Crippen molar-refractivity contribution in [3.63, 3.8) is 0 Å². The Morgan fingerprint density at radius 3 is 2.04 bits per heavy atom. The summed E-state index contributed by atoms with van der Waals surface area (Å²) in [7, 11) is -7.89. The van der Waals surface area contributed by atoms with Crippen molar-refractivity contribution >= 4 is 37.1 Å². The molecule has 146 valence electrons. The molecule has 0 amide bonds. The summed E-state index contributed by atoms with van der Waals surface area (Å²) >= 11 is 6.02. The lowest BCUT2D eigenvalue weighted by Gasteiger charge is -2.13. The van der Waals surface area contributed by atoms with Crippen LogP contribution in [0.1, 0.15) is 11.1 Å². The van der Waals surface area contributed by atoms with Crippen LogP contribution in [-0.2, 0) is 19.9 Å². The molecular weight excluding hydrogens is 418 g/mol. The summed E-state index contributed by atoms with van der Waals surface area (Å²) in [6.07, 6.45) is 0. The minimum absolute atomic E-state index is 0.0570. The Kier molecular flexibility index (Phi) is 5.52. The lowest BCUT2D eigenvalue weighted by Crippen LogP contribution is -2.14. The molecule has 0 atom stereocenters. The fourth-order valence-corrected chi connectivity index (χ4v) is 5.57. The molecule has 0 fully saturated rings. The van der Waals surface area contributed by atoms with Crippen LogP contribution in [0.3, 0.4) is 0 Å². The Labute approximate surface area is 170 Å². The first-order valence-corrected chi connectivity index (χ1v) is 11.7.